The van der Waals surface area contributed by atoms with Crippen molar-refractivity contribution in [1.29, 1.82) is 0 Å². The third-order valence-corrected chi connectivity index (χ3v) is 6.63. The molecule has 4 rings (SSSR count). The number of rotatable bonds is 9. The molecule has 1 aliphatic heterocycles. The zero-order chi connectivity index (χ0) is 26.4. The fraction of sp³-hybridized carbons (Fsp3) is 0.333. The molecule has 1 aromatic heterocycles. The summed E-state index contributed by atoms with van der Waals surface area (Å²) >= 11 is 6.53. The molecular formula is C27H29ClN4O5. The van der Waals surface area contributed by atoms with Crippen molar-refractivity contribution < 1.29 is 23.8 Å². The second-order valence-corrected chi connectivity index (χ2v) is 8.97. The predicted molar refractivity (Wildman–Crippen MR) is 142 cm³/mol. The zero-order valence-corrected chi connectivity index (χ0v) is 21.6. The Balaban J connectivity index is 1.62. The van der Waals surface area contributed by atoms with E-state index >= 15 is 0 Å². The van der Waals surface area contributed by atoms with E-state index in [1.165, 1.54) is 19.5 Å². The van der Waals surface area contributed by atoms with Crippen molar-refractivity contribution in [3.63, 3.8) is 0 Å². The number of ether oxygens (including phenoxy) is 3. The number of piperidine rings is 1. The van der Waals surface area contributed by atoms with Gasteiger partial charge < -0.3 is 24.4 Å². The molecule has 1 N–H and O–H groups in total. The number of likely N-dealkylation sites (tertiary alicyclic amines) is 1. The molecule has 1 fully saturated rings. The Morgan fingerprint density at radius 3 is 2.68 bits per heavy atom. The lowest BCUT2D eigenvalue weighted by Gasteiger charge is -2.31. The number of esters is 1. The van der Waals surface area contributed by atoms with E-state index in [1.807, 2.05) is 18.2 Å². The van der Waals surface area contributed by atoms with E-state index in [-0.39, 0.29) is 24.4 Å². The van der Waals surface area contributed by atoms with Gasteiger partial charge in [0, 0.05) is 43.8 Å². The van der Waals surface area contributed by atoms with Gasteiger partial charge in [0.2, 0.25) is 5.91 Å². The number of halogens is 1. The van der Waals surface area contributed by atoms with Gasteiger partial charge in [0.1, 0.15) is 18.2 Å². The van der Waals surface area contributed by atoms with Crippen LogP contribution in [0.3, 0.4) is 0 Å². The largest absolute Gasteiger partial charge is 0.493 e. The number of hydrogen-bond donors (Lipinski definition) is 1. The Morgan fingerprint density at radius 1 is 1.19 bits per heavy atom. The standard InChI is InChI=1S/C27H29ClN4O5/c1-4-24(33)32-12-10-18(11-13-32)37-23-14-19-21(15-22(23)35-2)29-16-30-27(19)31-26-17(6-5-7-20(26)28)8-9-25(34)36-3/h4-7,14-16,18H,1,8-13H2,2-3H3,(H,29,30,31). The second-order valence-electron chi connectivity index (χ2n) is 8.56. The highest BCUT2D eigenvalue weighted by atomic mass is 35.5. The molecule has 194 valence electrons. The van der Waals surface area contributed by atoms with Crippen LogP contribution in [0.5, 0.6) is 11.5 Å². The summed E-state index contributed by atoms with van der Waals surface area (Å²) in [6.07, 6.45) is 4.79. The fourth-order valence-corrected chi connectivity index (χ4v) is 4.53. The lowest BCUT2D eigenvalue weighted by Crippen LogP contribution is -2.41. The van der Waals surface area contributed by atoms with E-state index in [1.54, 1.807) is 24.1 Å². The van der Waals surface area contributed by atoms with Crippen LogP contribution in [0.25, 0.3) is 10.9 Å². The number of nitrogens with zero attached hydrogens (tertiary/aromatic N) is 3. The number of carbonyl (C=O) groups excluding carboxylic acids is 2. The molecule has 0 radical (unpaired) electrons. The molecule has 0 aliphatic carbocycles. The van der Waals surface area contributed by atoms with Gasteiger partial charge in [0.15, 0.2) is 11.5 Å². The number of aryl methyl sites for hydroxylation is 1. The SMILES string of the molecule is C=CC(=O)N1CCC(Oc2cc3c(Nc4c(Cl)cccc4CCC(=O)OC)ncnc3cc2OC)CC1. The highest BCUT2D eigenvalue weighted by Gasteiger charge is 2.24. The first-order chi connectivity index (χ1) is 17.9. The monoisotopic (exact) mass is 524 g/mol. The minimum Gasteiger partial charge on any atom is -0.493 e. The van der Waals surface area contributed by atoms with Crippen molar-refractivity contribution in [2.75, 3.05) is 32.6 Å². The van der Waals surface area contributed by atoms with Crippen molar-refractivity contribution in [1.82, 2.24) is 14.9 Å². The number of para-hydroxylation sites is 1. The average Bonchev–Trinajstić information content (AvgIpc) is 2.93. The summed E-state index contributed by atoms with van der Waals surface area (Å²) in [4.78, 5) is 34.2. The van der Waals surface area contributed by atoms with E-state index in [9.17, 15) is 9.59 Å². The first kappa shape index (κ1) is 26.2. The number of nitrogens with one attached hydrogen (secondary N) is 1. The summed E-state index contributed by atoms with van der Waals surface area (Å²) in [5.74, 6) is 1.29. The van der Waals surface area contributed by atoms with Crippen LogP contribution >= 0.6 is 11.6 Å². The fourth-order valence-electron chi connectivity index (χ4n) is 4.29. The summed E-state index contributed by atoms with van der Waals surface area (Å²) < 4.78 is 16.7. The zero-order valence-electron chi connectivity index (χ0n) is 20.8. The number of aromatic nitrogens is 2. The summed E-state index contributed by atoms with van der Waals surface area (Å²) in [7, 11) is 2.95. The number of anilines is 2. The molecule has 0 atom stereocenters. The van der Waals surface area contributed by atoms with E-state index in [0.29, 0.717) is 65.9 Å². The lowest BCUT2D eigenvalue weighted by molar-refractivity contribution is -0.140. The summed E-state index contributed by atoms with van der Waals surface area (Å²) in [6.45, 7) is 4.76. The minimum atomic E-state index is -0.299. The Kier molecular flexibility index (Phi) is 8.45. The van der Waals surface area contributed by atoms with Crippen molar-refractivity contribution in [3.05, 3.63) is 59.9 Å². The number of hydrogen-bond acceptors (Lipinski definition) is 8. The van der Waals surface area contributed by atoms with Crippen LogP contribution in [0.4, 0.5) is 11.5 Å². The number of amides is 1. The van der Waals surface area contributed by atoms with Crippen LogP contribution in [-0.4, -0.2) is 60.2 Å². The van der Waals surface area contributed by atoms with Gasteiger partial charge in [-0.1, -0.05) is 30.3 Å². The highest BCUT2D eigenvalue weighted by Crippen LogP contribution is 2.37. The summed E-state index contributed by atoms with van der Waals surface area (Å²) in [6, 6.07) is 9.17. The molecule has 0 unspecified atom stereocenters. The first-order valence-corrected chi connectivity index (χ1v) is 12.3. The summed E-state index contributed by atoms with van der Waals surface area (Å²) in [5, 5.41) is 4.55. The molecule has 1 aliphatic rings. The molecule has 9 nitrogen and oxygen atoms in total. The molecule has 2 aromatic carbocycles. The molecule has 10 heteroatoms. The quantitative estimate of drug-likeness (QED) is 0.317. The van der Waals surface area contributed by atoms with Gasteiger partial charge in [-0.25, -0.2) is 9.97 Å². The molecule has 1 saturated heterocycles. The Morgan fingerprint density at radius 2 is 1.97 bits per heavy atom. The number of benzene rings is 2. The van der Waals surface area contributed by atoms with Crippen LogP contribution in [0, 0.1) is 0 Å². The smallest absolute Gasteiger partial charge is 0.305 e. The highest BCUT2D eigenvalue weighted by molar-refractivity contribution is 6.33. The number of fused-ring (bicyclic) bond motifs is 1. The molecule has 0 bridgehead atoms. The van der Waals surface area contributed by atoms with Gasteiger partial charge >= 0.3 is 5.97 Å². The molecular weight excluding hydrogens is 496 g/mol. The Hall–Kier alpha value is -3.85. The number of carbonyl (C=O) groups is 2. The van der Waals surface area contributed by atoms with Crippen molar-refractivity contribution in [3.8, 4) is 11.5 Å². The first-order valence-electron chi connectivity index (χ1n) is 12.0. The Bertz CT molecular complexity index is 1310. The van der Waals surface area contributed by atoms with E-state index in [4.69, 9.17) is 25.8 Å². The van der Waals surface area contributed by atoms with E-state index < -0.39 is 0 Å². The average molecular weight is 525 g/mol. The Labute approximate surface area is 220 Å². The predicted octanol–water partition coefficient (Wildman–Crippen LogP) is 4.70. The van der Waals surface area contributed by atoms with Gasteiger partial charge in [-0.15, -0.1) is 0 Å². The van der Waals surface area contributed by atoms with Crippen LogP contribution < -0.4 is 14.8 Å². The van der Waals surface area contributed by atoms with Gasteiger partial charge in [-0.2, -0.15) is 0 Å². The molecule has 0 saturated carbocycles. The number of methoxy groups -OCH3 is 2. The lowest BCUT2D eigenvalue weighted by atomic mass is 10.1. The maximum absolute atomic E-state index is 11.9. The van der Waals surface area contributed by atoms with Gasteiger partial charge in [-0.05, 0) is 30.2 Å². The third kappa shape index (κ3) is 6.11. The maximum Gasteiger partial charge on any atom is 0.305 e. The minimum absolute atomic E-state index is 0.0693. The second kappa shape index (κ2) is 11.9. The molecule has 0 spiro atoms. The van der Waals surface area contributed by atoms with Crippen LogP contribution in [0.15, 0.2) is 49.3 Å². The summed E-state index contributed by atoms with van der Waals surface area (Å²) in [5.41, 5.74) is 2.18. The van der Waals surface area contributed by atoms with Gasteiger partial charge in [0.05, 0.1) is 30.4 Å². The molecule has 2 heterocycles. The van der Waals surface area contributed by atoms with Crippen molar-refractivity contribution in [2.45, 2.75) is 31.8 Å². The topological polar surface area (TPSA) is 103 Å². The van der Waals surface area contributed by atoms with Crippen molar-refractivity contribution in [2.24, 2.45) is 0 Å². The maximum atomic E-state index is 11.9. The van der Waals surface area contributed by atoms with Crippen LogP contribution in [-0.2, 0) is 20.7 Å². The molecule has 3 aromatic rings. The van der Waals surface area contributed by atoms with E-state index in [0.717, 1.165) is 10.9 Å². The molecule has 37 heavy (non-hydrogen) atoms. The van der Waals surface area contributed by atoms with Gasteiger partial charge in [0.25, 0.3) is 0 Å². The molecule has 1 amide bonds. The normalized spacial score (nSPS) is 13.8. The van der Waals surface area contributed by atoms with Gasteiger partial charge in [-0.3, -0.25) is 9.59 Å². The van der Waals surface area contributed by atoms with E-state index in [2.05, 4.69) is 21.9 Å². The van der Waals surface area contributed by atoms with Crippen LogP contribution in [0.1, 0.15) is 24.8 Å². The van der Waals surface area contributed by atoms with Crippen LogP contribution in [0.2, 0.25) is 5.02 Å². The van der Waals surface area contributed by atoms with Crippen molar-refractivity contribution >= 4 is 45.9 Å². The third-order valence-electron chi connectivity index (χ3n) is 6.31.